The molecule has 0 saturated heterocycles. The Kier molecular flexibility index (Phi) is 7.01. The van der Waals surface area contributed by atoms with Crippen molar-refractivity contribution in [2.45, 2.75) is 25.0 Å². The van der Waals surface area contributed by atoms with E-state index in [1.807, 2.05) is 54.6 Å². The van der Waals surface area contributed by atoms with Crippen LogP contribution in [0.25, 0.3) is 11.1 Å². The molecule has 0 aliphatic carbocycles. The Balaban J connectivity index is 1.76. The number of nitrogens with zero attached hydrogens (tertiary/aromatic N) is 2. The van der Waals surface area contributed by atoms with Crippen molar-refractivity contribution in [1.82, 2.24) is 15.1 Å². The molecular formula is C23H23N3O6. The maximum atomic E-state index is 12.6. The fraction of sp³-hybridized carbons (Fsp3) is 0.217. The number of carboxylic acids is 2. The highest BCUT2D eigenvalue weighted by Crippen LogP contribution is 2.20. The zero-order valence-corrected chi connectivity index (χ0v) is 17.3. The summed E-state index contributed by atoms with van der Waals surface area (Å²) in [5, 5.41) is 34.6. The second kappa shape index (κ2) is 9.88. The fourth-order valence-electron chi connectivity index (χ4n) is 3.35. The van der Waals surface area contributed by atoms with Crippen molar-refractivity contribution in [3.8, 4) is 11.1 Å². The number of carbonyl (C=O) groups is 3. The molecule has 1 heterocycles. The Labute approximate surface area is 183 Å². The van der Waals surface area contributed by atoms with Gasteiger partial charge < -0.3 is 20.6 Å². The third-order valence-corrected chi connectivity index (χ3v) is 5.00. The van der Waals surface area contributed by atoms with E-state index in [0.717, 1.165) is 27.4 Å². The van der Waals surface area contributed by atoms with Gasteiger partial charge in [0.15, 0.2) is 11.8 Å². The minimum absolute atomic E-state index is 0.112. The predicted octanol–water partition coefficient (Wildman–Crippen LogP) is 1.96. The number of rotatable bonds is 9. The third kappa shape index (κ3) is 5.58. The number of aliphatic carboxylic acids is 1. The zero-order valence-electron chi connectivity index (χ0n) is 17.3. The predicted molar refractivity (Wildman–Crippen MR) is 115 cm³/mol. The lowest BCUT2D eigenvalue weighted by Crippen LogP contribution is -2.40. The van der Waals surface area contributed by atoms with Gasteiger partial charge >= 0.3 is 11.9 Å². The summed E-state index contributed by atoms with van der Waals surface area (Å²) in [6, 6.07) is 17.8. The number of hydrogen-bond donors (Lipinski definition) is 4. The van der Waals surface area contributed by atoms with E-state index in [2.05, 4.69) is 10.4 Å². The Morgan fingerprint density at radius 1 is 1.00 bits per heavy atom. The number of carboxylic acid groups (broad SMARTS) is 2. The van der Waals surface area contributed by atoms with E-state index >= 15 is 0 Å². The molecule has 0 aliphatic heterocycles. The first-order valence-corrected chi connectivity index (χ1v) is 9.88. The van der Waals surface area contributed by atoms with Crippen molar-refractivity contribution in [3.05, 3.63) is 77.6 Å². The van der Waals surface area contributed by atoms with Gasteiger partial charge in [-0.05, 0) is 23.1 Å². The Hall–Kier alpha value is -3.98. The number of hydrogen-bond acceptors (Lipinski definition) is 5. The monoisotopic (exact) mass is 437 g/mol. The van der Waals surface area contributed by atoms with Crippen LogP contribution < -0.4 is 5.32 Å². The second-order valence-corrected chi connectivity index (χ2v) is 7.37. The van der Waals surface area contributed by atoms with Crippen molar-refractivity contribution >= 4 is 17.8 Å². The third-order valence-electron chi connectivity index (χ3n) is 5.00. The van der Waals surface area contributed by atoms with Crippen LogP contribution in [0.15, 0.2) is 60.7 Å². The van der Waals surface area contributed by atoms with Crippen molar-refractivity contribution in [2.24, 2.45) is 7.05 Å². The molecule has 0 bridgehead atoms. The van der Waals surface area contributed by atoms with Gasteiger partial charge in [0.05, 0.1) is 0 Å². The van der Waals surface area contributed by atoms with Crippen LogP contribution in [-0.4, -0.2) is 55.1 Å². The second-order valence-electron chi connectivity index (χ2n) is 7.37. The van der Waals surface area contributed by atoms with Gasteiger partial charge in [-0.15, -0.1) is 0 Å². The van der Waals surface area contributed by atoms with Gasteiger partial charge in [-0.2, -0.15) is 5.10 Å². The molecule has 0 fully saturated rings. The first-order valence-electron chi connectivity index (χ1n) is 9.88. The van der Waals surface area contributed by atoms with Crippen LogP contribution in [-0.2, 0) is 18.3 Å². The van der Waals surface area contributed by atoms with Gasteiger partial charge in [-0.1, -0.05) is 54.6 Å². The summed E-state index contributed by atoms with van der Waals surface area (Å²) in [5.41, 5.74) is 2.62. The number of aliphatic hydroxyl groups is 1. The first kappa shape index (κ1) is 22.7. The molecule has 2 atom stereocenters. The Morgan fingerprint density at radius 3 is 2.19 bits per heavy atom. The quantitative estimate of drug-likeness (QED) is 0.401. The number of aromatic nitrogens is 2. The van der Waals surface area contributed by atoms with E-state index in [9.17, 15) is 19.5 Å². The lowest BCUT2D eigenvalue weighted by atomic mass is 9.97. The van der Waals surface area contributed by atoms with E-state index in [1.54, 1.807) is 0 Å². The van der Waals surface area contributed by atoms with Crippen LogP contribution >= 0.6 is 0 Å². The topological polar surface area (TPSA) is 142 Å². The number of aliphatic hydroxyl groups excluding tert-OH is 1. The van der Waals surface area contributed by atoms with Gasteiger partial charge in [0.25, 0.3) is 5.91 Å². The SMILES string of the molecule is Cn1nc(C(=O)N[C@H](Cc2ccc(-c3ccccc3)cc2)C[C@@H](O)C(=O)O)cc1C(=O)O. The van der Waals surface area contributed by atoms with E-state index in [-0.39, 0.29) is 24.2 Å². The minimum atomic E-state index is -1.66. The van der Waals surface area contributed by atoms with E-state index in [4.69, 9.17) is 10.2 Å². The first-order chi connectivity index (χ1) is 15.2. The maximum absolute atomic E-state index is 12.6. The molecular weight excluding hydrogens is 414 g/mol. The molecule has 32 heavy (non-hydrogen) atoms. The molecule has 3 rings (SSSR count). The molecule has 9 nitrogen and oxygen atoms in total. The lowest BCUT2D eigenvalue weighted by molar-refractivity contribution is -0.147. The van der Waals surface area contributed by atoms with Crippen LogP contribution in [0.5, 0.6) is 0 Å². The molecule has 0 saturated carbocycles. The number of nitrogens with one attached hydrogen (secondary N) is 1. The van der Waals surface area contributed by atoms with Crippen LogP contribution in [0.4, 0.5) is 0 Å². The highest BCUT2D eigenvalue weighted by Gasteiger charge is 2.24. The van der Waals surface area contributed by atoms with Crippen molar-refractivity contribution in [2.75, 3.05) is 0 Å². The normalized spacial score (nSPS) is 12.7. The largest absolute Gasteiger partial charge is 0.479 e. The summed E-state index contributed by atoms with van der Waals surface area (Å²) in [7, 11) is 1.40. The molecule has 166 valence electrons. The van der Waals surface area contributed by atoms with Crippen molar-refractivity contribution in [3.63, 3.8) is 0 Å². The number of benzene rings is 2. The van der Waals surface area contributed by atoms with Crippen molar-refractivity contribution < 1.29 is 29.7 Å². The summed E-state index contributed by atoms with van der Waals surface area (Å²) < 4.78 is 1.07. The molecule has 9 heteroatoms. The Morgan fingerprint density at radius 2 is 1.62 bits per heavy atom. The van der Waals surface area contributed by atoms with E-state index < -0.39 is 30.0 Å². The maximum Gasteiger partial charge on any atom is 0.354 e. The van der Waals surface area contributed by atoms with E-state index in [0.29, 0.717) is 0 Å². The van der Waals surface area contributed by atoms with Crippen LogP contribution in [0.1, 0.15) is 33.0 Å². The molecule has 0 spiro atoms. The molecule has 0 aliphatic rings. The Bertz CT molecular complexity index is 1110. The molecule has 4 N–H and O–H groups in total. The number of aryl methyl sites for hydroxylation is 1. The van der Waals surface area contributed by atoms with Gasteiger partial charge in [0.1, 0.15) is 5.69 Å². The standard InChI is InChI=1S/C23H23N3O6/c1-26-19(22(29)30)13-18(25-26)21(28)24-17(12-20(27)23(31)32)11-14-7-9-16(10-8-14)15-5-3-2-4-6-15/h2-10,13,17,20,27H,11-12H2,1H3,(H,24,28)(H,29,30)(H,31,32)/t17-,20-/m1/s1. The van der Waals surface area contributed by atoms with E-state index in [1.165, 1.54) is 7.05 Å². The van der Waals surface area contributed by atoms with Gasteiger partial charge in [0, 0.05) is 25.6 Å². The summed E-state index contributed by atoms with van der Waals surface area (Å²) in [4.78, 5) is 34.9. The summed E-state index contributed by atoms with van der Waals surface area (Å²) >= 11 is 0. The van der Waals surface area contributed by atoms with Crippen molar-refractivity contribution in [1.29, 1.82) is 0 Å². The minimum Gasteiger partial charge on any atom is -0.479 e. The fourth-order valence-corrected chi connectivity index (χ4v) is 3.35. The summed E-state index contributed by atoms with van der Waals surface area (Å²) in [6.07, 6.45) is -1.62. The average Bonchev–Trinajstić information content (AvgIpc) is 3.17. The molecule has 1 amide bonds. The highest BCUT2D eigenvalue weighted by molar-refractivity contribution is 5.95. The molecule has 1 aromatic heterocycles. The van der Waals surface area contributed by atoms with Crippen LogP contribution in [0.2, 0.25) is 0 Å². The van der Waals surface area contributed by atoms with Crippen LogP contribution in [0, 0.1) is 0 Å². The lowest BCUT2D eigenvalue weighted by Gasteiger charge is -2.20. The zero-order chi connectivity index (χ0) is 23.3. The molecule has 2 aromatic carbocycles. The average molecular weight is 437 g/mol. The molecule has 0 radical (unpaired) electrons. The summed E-state index contributed by atoms with van der Waals surface area (Å²) in [6.45, 7) is 0. The van der Waals surface area contributed by atoms with Gasteiger partial charge in [0.2, 0.25) is 0 Å². The number of amides is 1. The molecule has 0 unspecified atom stereocenters. The highest BCUT2D eigenvalue weighted by atomic mass is 16.4. The molecule has 3 aromatic rings. The van der Waals surface area contributed by atoms with Crippen LogP contribution in [0.3, 0.4) is 0 Å². The summed E-state index contributed by atoms with van der Waals surface area (Å²) in [5.74, 6) is -3.28. The number of aromatic carboxylic acids is 1. The van der Waals surface area contributed by atoms with Gasteiger partial charge in [-0.25, -0.2) is 9.59 Å². The number of carbonyl (C=O) groups excluding carboxylic acids is 1. The smallest absolute Gasteiger partial charge is 0.354 e. The van der Waals surface area contributed by atoms with Gasteiger partial charge in [-0.3, -0.25) is 9.48 Å².